The third-order valence-electron chi connectivity index (χ3n) is 6.05. The average molecular weight is 599 g/mol. The Morgan fingerprint density at radius 3 is 1.90 bits per heavy atom. The van der Waals surface area contributed by atoms with Crippen LogP contribution in [0.25, 0.3) is 0 Å². The van der Waals surface area contributed by atoms with Gasteiger partial charge in [-0.3, -0.25) is 9.59 Å². The molecule has 0 bridgehead atoms. The zero-order valence-electron chi connectivity index (χ0n) is 24.5. The van der Waals surface area contributed by atoms with Crippen molar-refractivity contribution < 1.29 is 14.3 Å². The summed E-state index contributed by atoms with van der Waals surface area (Å²) >= 11 is 3.38. The Balaban J connectivity index is 0.000000428. The fraction of sp³-hybridized carbons (Fsp3) is 0.438. The molecule has 0 radical (unpaired) electrons. The largest absolute Gasteiger partial charge is 0.460 e. The molecular weight excluding hydrogens is 554 g/mol. The third-order valence-corrected chi connectivity index (χ3v) is 6.70. The fourth-order valence-corrected chi connectivity index (χ4v) is 3.69. The molecule has 6 nitrogen and oxygen atoms in total. The summed E-state index contributed by atoms with van der Waals surface area (Å²) in [7, 11) is 1.50. The van der Waals surface area contributed by atoms with Gasteiger partial charge in [-0.25, -0.2) is 9.97 Å². The Bertz CT molecular complexity index is 1120. The molecule has 0 atom stereocenters. The third kappa shape index (κ3) is 13.1. The molecule has 0 amide bonds. The topological polar surface area (TPSA) is 95.2 Å². The SMILES string of the molecule is CC(C)(C)OC(=O)CCc1ccc(Cc2ncc(CBr)cn2)cc1.CCC(C)(C)c1ccc(C=O)cc1.CN. The Morgan fingerprint density at radius 2 is 1.44 bits per heavy atom. The summed E-state index contributed by atoms with van der Waals surface area (Å²) < 4.78 is 5.32. The number of ether oxygens (including phenoxy) is 1. The van der Waals surface area contributed by atoms with Crippen LogP contribution in [0.3, 0.4) is 0 Å². The minimum atomic E-state index is -0.425. The fourth-order valence-electron chi connectivity index (χ4n) is 3.40. The highest BCUT2D eigenvalue weighted by molar-refractivity contribution is 9.08. The van der Waals surface area contributed by atoms with Crippen molar-refractivity contribution in [2.45, 2.75) is 83.6 Å². The number of rotatable bonds is 9. The lowest BCUT2D eigenvalue weighted by Crippen LogP contribution is -2.23. The Labute approximate surface area is 242 Å². The monoisotopic (exact) mass is 597 g/mol. The first-order valence-electron chi connectivity index (χ1n) is 13.2. The predicted molar refractivity (Wildman–Crippen MR) is 163 cm³/mol. The van der Waals surface area contributed by atoms with Crippen molar-refractivity contribution in [1.82, 2.24) is 9.97 Å². The van der Waals surface area contributed by atoms with Gasteiger partial charge in [-0.1, -0.05) is 85.2 Å². The summed E-state index contributed by atoms with van der Waals surface area (Å²) in [5, 5.41) is 0.764. The summed E-state index contributed by atoms with van der Waals surface area (Å²) in [5.41, 5.74) is 9.67. The minimum absolute atomic E-state index is 0.160. The van der Waals surface area contributed by atoms with Crippen molar-refractivity contribution in [2.24, 2.45) is 5.73 Å². The highest BCUT2D eigenvalue weighted by atomic mass is 79.9. The summed E-state index contributed by atoms with van der Waals surface area (Å²) in [6.45, 7) is 12.2. The number of carbonyl (C=O) groups excluding carboxylic acids is 2. The number of nitrogens with two attached hydrogens (primary N) is 1. The number of aromatic nitrogens is 2. The Morgan fingerprint density at radius 1 is 0.897 bits per heavy atom. The van der Waals surface area contributed by atoms with E-state index in [4.69, 9.17) is 4.74 Å². The molecule has 0 saturated carbocycles. The van der Waals surface area contributed by atoms with E-state index in [2.05, 4.69) is 64.5 Å². The summed E-state index contributed by atoms with van der Waals surface area (Å²) in [6.07, 6.45) is 7.45. The number of hydrogen-bond donors (Lipinski definition) is 1. The van der Waals surface area contributed by atoms with E-state index >= 15 is 0 Å². The molecule has 2 aromatic carbocycles. The van der Waals surface area contributed by atoms with Crippen LogP contribution in [0.5, 0.6) is 0 Å². The van der Waals surface area contributed by atoms with Crippen LogP contribution < -0.4 is 5.73 Å². The second-order valence-electron chi connectivity index (χ2n) is 10.7. The lowest BCUT2D eigenvalue weighted by molar-refractivity contribution is -0.154. The van der Waals surface area contributed by atoms with Crippen molar-refractivity contribution in [2.75, 3.05) is 7.05 Å². The lowest BCUT2D eigenvalue weighted by atomic mass is 9.82. The zero-order valence-corrected chi connectivity index (χ0v) is 26.0. The van der Waals surface area contributed by atoms with Gasteiger partial charge in [0.1, 0.15) is 17.7 Å². The number of alkyl halides is 1. The molecule has 3 rings (SSSR count). The molecule has 2 N–H and O–H groups in total. The molecule has 1 heterocycles. The van der Waals surface area contributed by atoms with Gasteiger partial charge in [-0.2, -0.15) is 0 Å². The first-order chi connectivity index (χ1) is 18.5. The molecule has 7 heteroatoms. The van der Waals surface area contributed by atoms with Crippen LogP contribution in [0.4, 0.5) is 0 Å². The van der Waals surface area contributed by atoms with E-state index in [1.165, 1.54) is 12.6 Å². The molecule has 0 aliphatic carbocycles. The number of hydrogen-bond acceptors (Lipinski definition) is 6. The molecular formula is C32H44BrN3O3. The van der Waals surface area contributed by atoms with Crippen LogP contribution in [-0.4, -0.2) is 34.9 Å². The van der Waals surface area contributed by atoms with Crippen LogP contribution >= 0.6 is 15.9 Å². The van der Waals surface area contributed by atoms with E-state index in [0.29, 0.717) is 19.3 Å². The van der Waals surface area contributed by atoms with Gasteiger partial charge in [-0.05, 0) is 68.3 Å². The average Bonchev–Trinajstić information content (AvgIpc) is 2.93. The van der Waals surface area contributed by atoms with E-state index < -0.39 is 5.60 Å². The van der Waals surface area contributed by atoms with Crippen molar-refractivity contribution in [3.05, 3.63) is 94.6 Å². The van der Waals surface area contributed by atoms with Crippen molar-refractivity contribution in [3.8, 4) is 0 Å². The number of aldehydes is 1. The molecule has 0 aliphatic heterocycles. The van der Waals surface area contributed by atoms with Crippen molar-refractivity contribution >= 4 is 28.2 Å². The van der Waals surface area contributed by atoms with Gasteiger partial charge in [0.25, 0.3) is 0 Å². The Hall–Kier alpha value is -2.90. The van der Waals surface area contributed by atoms with Gasteiger partial charge >= 0.3 is 5.97 Å². The number of halogens is 1. The van der Waals surface area contributed by atoms with Crippen molar-refractivity contribution in [3.63, 3.8) is 0 Å². The molecule has 0 unspecified atom stereocenters. The standard InChI is InChI=1S/C19H23BrN2O2.C12H16O.CH5N/c1-19(2,3)24-18(23)9-8-14-4-6-15(7-5-14)10-17-21-12-16(11-20)13-22-17;1-4-12(2,3)11-7-5-10(9-13)6-8-11;1-2/h4-7,12-13H,8-11H2,1-3H3;5-9H,4H2,1-3H3;2H2,1H3. The molecule has 39 heavy (non-hydrogen) atoms. The van der Waals surface area contributed by atoms with Crippen LogP contribution in [0.1, 0.15) is 92.8 Å². The molecule has 0 saturated heterocycles. The number of carbonyl (C=O) groups is 2. The van der Waals surface area contributed by atoms with Crippen LogP contribution in [0.15, 0.2) is 60.9 Å². The highest BCUT2D eigenvalue weighted by Gasteiger charge is 2.17. The second-order valence-corrected chi connectivity index (χ2v) is 11.3. The van der Waals surface area contributed by atoms with Gasteiger partial charge in [0.05, 0.1) is 0 Å². The predicted octanol–water partition coefficient (Wildman–Crippen LogP) is 7.00. The quantitative estimate of drug-likeness (QED) is 0.162. The summed E-state index contributed by atoms with van der Waals surface area (Å²) in [4.78, 5) is 30.9. The molecule has 0 spiro atoms. The van der Waals surface area contributed by atoms with E-state index in [0.717, 1.165) is 46.1 Å². The maximum Gasteiger partial charge on any atom is 0.306 e. The van der Waals surface area contributed by atoms with Crippen LogP contribution in [0, 0.1) is 0 Å². The molecule has 0 fully saturated rings. The van der Waals surface area contributed by atoms with E-state index in [1.54, 1.807) is 0 Å². The van der Waals surface area contributed by atoms with Gasteiger partial charge in [-0.15, -0.1) is 0 Å². The van der Waals surface area contributed by atoms with Gasteiger partial charge in [0.15, 0.2) is 0 Å². The molecule has 0 aliphatic rings. The van der Waals surface area contributed by atoms with Crippen LogP contribution in [0.2, 0.25) is 0 Å². The molecule has 212 valence electrons. The van der Waals surface area contributed by atoms with E-state index in [1.807, 2.05) is 69.6 Å². The van der Waals surface area contributed by atoms with Gasteiger partial charge in [0, 0.05) is 36.1 Å². The maximum atomic E-state index is 11.8. The highest BCUT2D eigenvalue weighted by Crippen LogP contribution is 2.26. The van der Waals surface area contributed by atoms with Gasteiger partial charge in [0.2, 0.25) is 0 Å². The lowest BCUT2D eigenvalue weighted by Gasteiger charge is -2.23. The van der Waals surface area contributed by atoms with Crippen molar-refractivity contribution in [1.29, 1.82) is 0 Å². The van der Waals surface area contributed by atoms with Gasteiger partial charge < -0.3 is 10.5 Å². The summed E-state index contributed by atoms with van der Waals surface area (Å²) in [5.74, 6) is 0.646. The maximum absolute atomic E-state index is 11.8. The van der Waals surface area contributed by atoms with E-state index in [9.17, 15) is 9.59 Å². The first kappa shape index (κ1) is 34.1. The Kier molecular flexibility index (Phi) is 14.8. The normalized spacial score (nSPS) is 10.9. The zero-order chi connectivity index (χ0) is 29.5. The minimum Gasteiger partial charge on any atom is -0.460 e. The smallest absolute Gasteiger partial charge is 0.306 e. The summed E-state index contributed by atoms with van der Waals surface area (Å²) in [6, 6.07) is 16.0. The van der Waals surface area contributed by atoms with E-state index in [-0.39, 0.29) is 11.4 Å². The van der Waals surface area contributed by atoms with Crippen LogP contribution in [-0.2, 0) is 33.1 Å². The first-order valence-corrected chi connectivity index (χ1v) is 14.4. The number of nitrogens with zero attached hydrogens (tertiary/aromatic N) is 2. The number of benzene rings is 2. The number of esters is 1. The molecule has 1 aromatic heterocycles. The second kappa shape index (κ2) is 16.9. The molecule has 3 aromatic rings. The number of aryl methyl sites for hydroxylation is 1.